The number of hydrogen-bond acceptors (Lipinski definition) is 2. The molecule has 0 aromatic heterocycles. The van der Waals surface area contributed by atoms with Crippen LogP contribution in [0.1, 0.15) is 12.5 Å². The van der Waals surface area contributed by atoms with Crippen LogP contribution in [0.4, 0.5) is 5.69 Å². The lowest BCUT2D eigenvalue weighted by molar-refractivity contribution is -0.124. The molecule has 1 amide bonds. The lowest BCUT2D eigenvalue weighted by atomic mass is 10.2. The highest BCUT2D eigenvalue weighted by Gasteiger charge is 2.20. The van der Waals surface area contributed by atoms with Crippen molar-refractivity contribution in [2.24, 2.45) is 0 Å². The Hall–Kier alpha value is -2.29. The van der Waals surface area contributed by atoms with Gasteiger partial charge in [-0.05, 0) is 37.6 Å². The van der Waals surface area contributed by atoms with Gasteiger partial charge in [0.25, 0.3) is 5.91 Å². The first-order valence-electron chi connectivity index (χ1n) is 6.64. The molecule has 0 spiro atoms. The maximum atomic E-state index is 12.4. The summed E-state index contributed by atoms with van der Waals surface area (Å²) >= 11 is 0. The molecule has 0 heterocycles. The van der Waals surface area contributed by atoms with Gasteiger partial charge in [-0.15, -0.1) is 0 Å². The predicted molar refractivity (Wildman–Crippen MR) is 81.1 cm³/mol. The highest BCUT2D eigenvalue weighted by Crippen LogP contribution is 2.19. The second kappa shape index (κ2) is 6.24. The lowest BCUT2D eigenvalue weighted by Crippen LogP contribution is -2.38. The summed E-state index contributed by atoms with van der Waals surface area (Å²) in [4.78, 5) is 14.0. The van der Waals surface area contributed by atoms with Crippen LogP contribution in [-0.4, -0.2) is 19.1 Å². The fraction of sp³-hybridized carbons (Fsp3) is 0.235. The van der Waals surface area contributed by atoms with Crippen molar-refractivity contribution >= 4 is 11.6 Å². The Morgan fingerprint density at radius 3 is 2.30 bits per heavy atom. The molecule has 104 valence electrons. The van der Waals surface area contributed by atoms with E-state index in [2.05, 4.69) is 0 Å². The molecule has 3 heteroatoms. The van der Waals surface area contributed by atoms with Gasteiger partial charge in [0.2, 0.25) is 0 Å². The number of carbonyl (C=O) groups excluding carboxylic acids is 1. The van der Waals surface area contributed by atoms with E-state index in [1.165, 1.54) is 0 Å². The van der Waals surface area contributed by atoms with Crippen LogP contribution < -0.4 is 9.64 Å². The van der Waals surface area contributed by atoms with Crippen molar-refractivity contribution in [3.8, 4) is 5.75 Å². The predicted octanol–water partition coefficient (Wildman–Crippen LogP) is 3.43. The van der Waals surface area contributed by atoms with Gasteiger partial charge in [-0.1, -0.05) is 36.4 Å². The Morgan fingerprint density at radius 2 is 1.65 bits per heavy atom. The van der Waals surface area contributed by atoms with Gasteiger partial charge in [0, 0.05) is 12.7 Å². The maximum Gasteiger partial charge on any atom is 0.267 e. The quantitative estimate of drug-likeness (QED) is 0.851. The smallest absolute Gasteiger partial charge is 0.267 e. The highest BCUT2D eigenvalue weighted by atomic mass is 16.5. The second-order valence-corrected chi connectivity index (χ2v) is 4.76. The van der Waals surface area contributed by atoms with Gasteiger partial charge in [-0.25, -0.2) is 0 Å². The molecule has 0 unspecified atom stereocenters. The van der Waals surface area contributed by atoms with E-state index in [1.807, 2.05) is 61.5 Å². The van der Waals surface area contributed by atoms with Crippen molar-refractivity contribution in [1.82, 2.24) is 0 Å². The molecule has 1 atom stereocenters. The number of nitrogens with zero attached hydrogens (tertiary/aromatic N) is 1. The van der Waals surface area contributed by atoms with Gasteiger partial charge in [0.05, 0.1) is 0 Å². The molecular weight excluding hydrogens is 250 g/mol. The summed E-state index contributed by atoms with van der Waals surface area (Å²) in [6.07, 6.45) is -0.527. The number of likely N-dealkylation sites (N-methyl/N-ethyl adjacent to an activating group) is 1. The molecule has 0 bridgehead atoms. The monoisotopic (exact) mass is 269 g/mol. The SMILES string of the molecule is Cc1ccccc1O[C@H](C)C(=O)N(C)c1ccccc1. The van der Waals surface area contributed by atoms with Crippen molar-refractivity contribution in [3.05, 3.63) is 60.2 Å². The highest BCUT2D eigenvalue weighted by molar-refractivity contribution is 5.96. The molecule has 20 heavy (non-hydrogen) atoms. The number of carbonyl (C=O) groups is 1. The van der Waals surface area contributed by atoms with Gasteiger partial charge < -0.3 is 9.64 Å². The van der Waals surface area contributed by atoms with Crippen molar-refractivity contribution in [1.29, 1.82) is 0 Å². The number of anilines is 1. The fourth-order valence-electron chi connectivity index (χ4n) is 1.98. The van der Waals surface area contributed by atoms with Crippen LogP contribution in [0, 0.1) is 6.92 Å². The first-order chi connectivity index (χ1) is 9.59. The average Bonchev–Trinajstić information content (AvgIpc) is 2.49. The van der Waals surface area contributed by atoms with Gasteiger partial charge in [-0.3, -0.25) is 4.79 Å². The van der Waals surface area contributed by atoms with Gasteiger partial charge in [0.1, 0.15) is 5.75 Å². The third kappa shape index (κ3) is 3.18. The number of amides is 1. The first-order valence-corrected chi connectivity index (χ1v) is 6.64. The van der Waals surface area contributed by atoms with Crippen LogP contribution >= 0.6 is 0 Å². The van der Waals surface area contributed by atoms with Crippen LogP contribution in [-0.2, 0) is 4.79 Å². The Kier molecular flexibility index (Phi) is 4.41. The summed E-state index contributed by atoms with van der Waals surface area (Å²) < 4.78 is 5.76. The van der Waals surface area contributed by atoms with Gasteiger partial charge in [0.15, 0.2) is 6.10 Å². The molecule has 0 N–H and O–H groups in total. The summed E-state index contributed by atoms with van der Waals surface area (Å²) in [6.45, 7) is 3.74. The zero-order chi connectivity index (χ0) is 14.5. The zero-order valence-corrected chi connectivity index (χ0v) is 12.0. The molecule has 0 aliphatic rings. The minimum Gasteiger partial charge on any atom is -0.481 e. The Labute approximate surface area is 119 Å². The van der Waals surface area contributed by atoms with E-state index in [4.69, 9.17) is 4.74 Å². The Bertz CT molecular complexity index is 581. The Balaban J connectivity index is 2.08. The lowest BCUT2D eigenvalue weighted by Gasteiger charge is -2.22. The number of hydrogen-bond donors (Lipinski definition) is 0. The van der Waals surface area contributed by atoms with E-state index in [0.29, 0.717) is 0 Å². The van der Waals surface area contributed by atoms with Crippen molar-refractivity contribution in [3.63, 3.8) is 0 Å². The van der Waals surface area contributed by atoms with E-state index < -0.39 is 6.10 Å². The minimum atomic E-state index is -0.527. The van der Waals surface area contributed by atoms with Crippen LogP contribution in [0.3, 0.4) is 0 Å². The molecule has 0 aliphatic carbocycles. The van der Waals surface area contributed by atoms with Crippen LogP contribution in [0.2, 0.25) is 0 Å². The third-order valence-electron chi connectivity index (χ3n) is 3.22. The molecule has 2 rings (SSSR count). The largest absolute Gasteiger partial charge is 0.481 e. The van der Waals surface area contributed by atoms with E-state index in [0.717, 1.165) is 17.0 Å². The average molecular weight is 269 g/mol. The number of benzene rings is 2. The number of rotatable bonds is 4. The normalized spacial score (nSPS) is 11.8. The topological polar surface area (TPSA) is 29.5 Å². The van der Waals surface area contributed by atoms with Crippen molar-refractivity contribution in [2.75, 3.05) is 11.9 Å². The zero-order valence-electron chi connectivity index (χ0n) is 12.0. The van der Waals surface area contributed by atoms with Crippen LogP contribution in [0.5, 0.6) is 5.75 Å². The third-order valence-corrected chi connectivity index (χ3v) is 3.22. The van der Waals surface area contributed by atoms with E-state index >= 15 is 0 Å². The van der Waals surface area contributed by atoms with Crippen molar-refractivity contribution < 1.29 is 9.53 Å². The molecule has 0 aliphatic heterocycles. The number of para-hydroxylation sites is 2. The van der Waals surface area contributed by atoms with Gasteiger partial charge in [-0.2, -0.15) is 0 Å². The van der Waals surface area contributed by atoms with E-state index in [-0.39, 0.29) is 5.91 Å². The van der Waals surface area contributed by atoms with Crippen LogP contribution in [0.25, 0.3) is 0 Å². The molecule has 0 fully saturated rings. The van der Waals surface area contributed by atoms with Crippen LogP contribution in [0.15, 0.2) is 54.6 Å². The maximum absolute atomic E-state index is 12.4. The molecule has 2 aromatic carbocycles. The summed E-state index contributed by atoms with van der Waals surface area (Å²) in [6, 6.07) is 17.2. The Morgan fingerprint density at radius 1 is 1.05 bits per heavy atom. The number of ether oxygens (including phenoxy) is 1. The first kappa shape index (κ1) is 14.1. The summed E-state index contributed by atoms with van der Waals surface area (Å²) in [5, 5.41) is 0. The summed E-state index contributed by atoms with van der Waals surface area (Å²) in [7, 11) is 1.76. The summed E-state index contributed by atoms with van der Waals surface area (Å²) in [5.74, 6) is 0.675. The molecule has 0 saturated carbocycles. The van der Waals surface area contributed by atoms with E-state index in [1.54, 1.807) is 18.9 Å². The van der Waals surface area contributed by atoms with Gasteiger partial charge >= 0.3 is 0 Å². The van der Waals surface area contributed by atoms with E-state index in [9.17, 15) is 4.79 Å². The standard InChI is InChI=1S/C17H19NO2/c1-13-9-7-8-12-16(13)20-14(2)17(19)18(3)15-10-5-4-6-11-15/h4-12,14H,1-3H3/t14-/m1/s1. The molecule has 0 radical (unpaired) electrons. The molecule has 3 nitrogen and oxygen atoms in total. The molecule has 0 saturated heterocycles. The number of aryl methyl sites for hydroxylation is 1. The molecular formula is C17H19NO2. The fourth-order valence-corrected chi connectivity index (χ4v) is 1.98. The van der Waals surface area contributed by atoms with Crippen molar-refractivity contribution in [2.45, 2.75) is 20.0 Å². The summed E-state index contributed by atoms with van der Waals surface area (Å²) in [5.41, 5.74) is 1.88. The molecule has 2 aromatic rings. The minimum absolute atomic E-state index is 0.0700. The second-order valence-electron chi connectivity index (χ2n) is 4.76.